The van der Waals surface area contributed by atoms with Gasteiger partial charge in [0, 0.05) is 17.2 Å². The van der Waals surface area contributed by atoms with Crippen molar-refractivity contribution in [2.24, 2.45) is 0 Å². The number of aromatic nitrogens is 1. The summed E-state index contributed by atoms with van der Waals surface area (Å²) in [4.78, 5) is 15.5. The zero-order valence-corrected chi connectivity index (χ0v) is 12.3. The Bertz CT molecular complexity index is 422. The largest absolute Gasteiger partial charge is 0.444 e. The Morgan fingerprint density at radius 3 is 2.78 bits per heavy atom. The van der Waals surface area contributed by atoms with Crippen LogP contribution in [0.5, 0.6) is 0 Å². The Labute approximate surface area is 116 Å². The lowest BCUT2D eigenvalue weighted by atomic mass is 10.2. The molecule has 1 heterocycles. The van der Waals surface area contributed by atoms with Crippen molar-refractivity contribution in [2.45, 2.75) is 26.4 Å². The summed E-state index contributed by atoms with van der Waals surface area (Å²) >= 11 is 3.31. The highest BCUT2D eigenvalue weighted by atomic mass is 79.9. The third-order valence-corrected chi connectivity index (χ3v) is 2.27. The van der Waals surface area contributed by atoms with Crippen molar-refractivity contribution in [3.8, 4) is 0 Å². The molecule has 0 aliphatic rings. The molecular formula is C13H17BrN2O2. The van der Waals surface area contributed by atoms with Crippen molar-refractivity contribution in [1.29, 1.82) is 0 Å². The van der Waals surface area contributed by atoms with E-state index in [1.54, 1.807) is 6.20 Å². The van der Waals surface area contributed by atoms with E-state index in [0.717, 1.165) is 10.2 Å². The lowest BCUT2D eigenvalue weighted by Crippen LogP contribution is -2.32. The van der Waals surface area contributed by atoms with Crippen LogP contribution in [0.2, 0.25) is 0 Å². The molecule has 0 aromatic carbocycles. The number of hydrogen-bond acceptors (Lipinski definition) is 3. The van der Waals surface area contributed by atoms with Gasteiger partial charge >= 0.3 is 6.09 Å². The van der Waals surface area contributed by atoms with E-state index in [9.17, 15) is 4.79 Å². The molecule has 0 saturated carbocycles. The molecule has 0 aliphatic carbocycles. The first kappa shape index (κ1) is 14.7. The minimum absolute atomic E-state index is 0.409. The van der Waals surface area contributed by atoms with E-state index in [2.05, 4.69) is 26.2 Å². The highest BCUT2D eigenvalue weighted by Gasteiger charge is 2.14. The van der Waals surface area contributed by atoms with Gasteiger partial charge in [0.05, 0.1) is 5.69 Å². The van der Waals surface area contributed by atoms with Crippen LogP contribution in [-0.2, 0) is 4.74 Å². The number of carbonyl (C=O) groups excluding carboxylic acids is 1. The van der Waals surface area contributed by atoms with Crippen molar-refractivity contribution >= 4 is 28.1 Å². The van der Waals surface area contributed by atoms with E-state index >= 15 is 0 Å². The van der Waals surface area contributed by atoms with E-state index in [1.165, 1.54) is 0 Å². The van der Waals surface area contributed by atoms with E-state index in [1.807, 2.05) is 45.1 Å². The number of hydrogen-bond donors (Lipinski definition) is 1. The second kappa shape index (κ2) is 6.54. The van der Waals surface area contributed by atoms with Crippen LogP contribution in [0.25, 0.3) is 6.08 Å². The average Bonchev–Trinajstić information content (AvgIpc) is 2.24. The van der Waals surface area contributed by atoms with Crippen LogP contribution in [0, 0.1) is 0 Å². The van der Waals surface area contributed by atoms with Crippen molar-refractivity contribution in [2.75, 3.05) is 6.54 Å². The number of ether oxygens (including phenoxy) is 1. The average molecular weight is 313 g/mol. The summed E-state index contributed by atoms with van der Waals surface area (Å²) < 4.78 is 6.04. The van der Waals surface area contributed by atoms with Gasteiger partial charge in [-0.1, -0.05) is 6.08 Å². The van der Waals surface area contributed by atoms with Crippen LogP contribution in [-0.4, -0.2) is 23.2 Å². The summed E-state index contributed by atoms with van der Waals surface area (Å²) in [6.07, 6.45) is 4.96. The lowest BCUT2D eigenvalue weighted by molar-refractivity contribution is 0.0534. The number of nitrogens with zero attached hydrogens (tertiary/aromatic N) is 1. The van der Waals surface area contributed by atoms with Crippen molar-refractivity contribution in [1.82, 2.24) is 10.3 Å². The van der Waals surface area contributed by atoms with Gasteiger partial charge in [-0.05, 0) is 54.9 Å². The standard InChI is InChI=1S/C13H17BrN2O2/c1-13(2,3)18-12(17)15-8-4-5-11-7-6-10(14)9-16-11/h4-7,9H,8H2,1-3H3,(H,15,17). The third-order valence-electron chi connectivity index (χ3n) is 1.80. The molecule has 0 aliphatic heterocycles. The number of nitrogens with one attached hydrogen (secondary N) is 1. The molecule has 98 valence electrons. The smallest absolute Gasteiger partial charge is 0.407 e. The SMILES string of the molecule is CC(C)(C)OC(=O)NCC=Cc1ccc(Br)cn1. The molecule has 1 N–H and O–H groups in total. The number of pyridine rings is 1. The number of rotatable bonds is 3. The van der Waals surface area contributed by atoms with Crippen LogP contribution in [0.15, 0.2) is 28.9 Å². The molecule has 0 spiro atoms. The van der Waals surface area contributed by atoms with Gasteiger partial charge in [0.1, 0.15) is 5.60 Å². The second-order valence-corrected chi connectivity index (χ2v) is 5.60. The first-order valence-corrected chi connectivity index (χ1v) is 6.41. The van der Waals surface area contributed by atoms with Gasteiger partial charge in [0.25, 0.3) is 0 Å². The maximum atomic E-state index is 11.3. The first-order chi connectivity index (χ1) is 8.37. The van der Waals surface area contributed by atoms with Gasteiger partial charge < -0.3 is 10.1 Å². The molecule has 4 nitrogen and oxygen atoms in total. The monoisotopic (exact) mass is 312 g/mol. The van der Waals surface area contributed by atoms with Crippen LogP contribution in [0.4, 0.5) is 4.79 Å². The van der Waals surface area contributed by atoms with E-state index in [4.69, 9.17) is 4.74 Å². The molecule has 0 atom stereocenters. The molecule has 1 aromatic heterocycles. The normalized spacial score (nSPS) is 11.6. The molecular weight excluding hydrogens is 296 g/mol. The quantitative estimate of drug-likeness (QED) is 0.930. The van der Waals surface area contributed by atoms with Crippen LogP contribution in [0.3, 0.4) is 0 Å². The zero-order chi connectivity index (χ0) is 13.6. The molecule has 1 aromatic rings. The highest BCUT2D eigenvalue weighted by Crippen LogP contribution is 2.08. The molecule has 0 radical (unpaired) electrons. The molecule has 5 heteroatoms. The second-order valence-electron chi connectivity index (χ2n) is 4.69. The van der Waals surface area contributed by atoms with Gasteiger partial charge in [0.15, 0.2) is 0 Å². The minimum Gasteiger partial charge on any atom is -0.444 e. The summed E-state index contributed by atoms with van der Waals surface area (Å²) in [5.41, 5.74) is 0.366. The fourth-order valence-electron chi connectivity index (χ4n) is 1.12. The highest BCUT2D eigenvalue weighted by molar-refractivity contribution is 9.10. The number of carbonyl (C=O) groups is 1. The van der Waals surface area contributed by atoms with Crippen LogP contribution in [0.1, 0.15) is 26.5 Å². The third kappa shape index (κ3) is 6.39. The van der Waals surface area contributed by atoms with E-state index in [-0.39, 0.29) is 0 Å². The summed E-state index contributed by atoms with van der Waals surface area (Å²) in [6.45, 7) is 5.89. The Kier molecular flexibility index (Phi) is 5.34. The van der Waals surface area contributed by atoms with Crippen molar-refractivity contribution in [3.05, 3.63) is 34.6 Å². The van der Waals surface area contributed by atoms with Gasteiger partial charge in [-0.2, -0.15) is 0 Å². The lowest BCUT2D eigenvalue weighted by Gasteiger charge is -2.19. The maximum Gasteiger partial charge on any atom is 0.407 e. The molecule has 1 rings (SSSR count). The molecule has 0 unspecified atom stereocenters. The first-order valence-electron chi connectivity index (χ1n) is 5.62. The predicted molar refractivity (Wildman–Crippen MR) is 75.2 cm³/mol. The molecule has 1 amide bonds. The van der Waals surface area contributed by atoms with E-state index < -0.39 is 11.7 Å². The Balaban J connectivity index is 2.33. The number of halogens is 1. The van der Waals surface area contributed by atoms with Crippen LogP contribution < -0.4 is 5.32 Å². The topological polar surface area (TPSA) is 51.2 Å². The molecule has 0 fully saturated rings. The van der Waals surface area contributed by atoms with Gasteiger partial charge in [-0.15, -0.1) is 0 Å². The van der Waals surface area contributed by atoms with Crippen molar-refractivity contribution < 1.29 is 9.53 Å². The summed E-state index contributed by atoms with van der Waals surface area (Å²) in [6, 6.07) is 3.79. The Morgan fingerprint density at radius 1 is 1.50 bits per heavy atom. The summed E-state index contributed by atoms with van der Waals surface area (Å²) in [5, 5.41) is 2.64. The molecule has 0 saturated heterocycles. The Morgan fingerprint density at radius 2 is 2.22 bits per heavy atom. The number of alkyl carbamates (subject to hydrolysis) is 1. The fourth-order valence-corrected chi connectivity index (χ4v) is 1.36. The predicted octanol–water partition coefficient (Wildman–Crippen LogP) is 3.38. The van der Waals surface area contributed by atoms with Crippen LogP contribution >= 0.6 is 15.9 Å². The number of amides is 1. The minimum atomic E-state index is -0.471. The summed E-state index contributed by atoms with van der Waals surface area (Å²) in [5.74, 6) is 0. The van der Waals surface area contributed by atoms with Gasteiger partial charge in [-0.25, -0.2) is 4.79 Å². The maximum absolute atomic E-state index is 11.3. The molecule has 18 heavy (non-hydrogen) atoms. The van der Waals surface area contributed by atoms with Crippen molar-refractivity contribution in [3.63, 3.8) is 0 Å². The Hall–Kier alpha value is -1.36. The fraction of sp³-hybridized carbons (Fsp3) is 0.385. The van der Waals surface area contributed by atoms with Gasteiger partial charge in [-0.3, -0.25) is 4.98 Å². The summed E-state index contributed by atoms with van der Waals surface area (Å²) in [7, 11) is 0. The molecule has 0 bridgehead atoms. The van der Waals surface area contributed by atoms with Gasteiger partial charge in [0.2, 0.25) is 0 Å². The van der Waals surface area contributed by atoms with E-state index in [0.29, 0.717) is 6.54 Å². The zero-order valence-electron chi connectivity index (χ0n) is 10.7.